The van der Waals surface area contributed by atoms with Gasteiger partial charge in [-0.25, -0.2) is 0 Å². The lowest BCUT2D eigenvalue weighted by molar-refractivity contribution is -0.151. The Kier molecular flexibility index (Phi) is 7.22. The van der Waals surface area contributed by atoms with Gasteiger partial charge in [-0.1, -0.05) is 36.8 Å². The molecule has 0 aliphatic carbocycles. The van der Waals surface area contributed by atoms with E-state index in [0.717, 1.165) is 19.3 Å². The van der Waals surface area contributed by atoms with Crippen LogP contribution in [0.1, 0.15) is 25.7 Å². The molecule has 1 heterocycles. The molecule has 29 heavy (non-hydrogen) atoms. The van der Waals surface area contributed by atoms with Gasteiger partial charge in [0.15, 0.2) is 12.4 Å². The average Bonchev–Trinajstić information content (AvgIpc) is 2.93. The average molecular weight is 396 g/mol. The normalized spacial score (nSPS) is 14.1. The van der Waals surface area contributed by atoms with Gasteiger partial charge in [0.1, 0.15) is 12.3 Å². The Hall–Kier alpha value is -3.35. The van der Waals surface area contributed by atoms with E-state index in [1.807, 2.05) is 30.3 Å². The van der Waals surface area contributed by atoms with Crippen molar-refractivity contribution in [2.75, 3.05) is 25.0 Å². The molecule has 0 spiro atoms. The van der Waals surface area contributed by atoms with Gasteiger partial charge in [0.2, 0.25) is 5.91 Å². The standard InChI is InChI=1S/C22H24N2O5/c25-20(16-28-22(27)15-24-14-8-2-5-13-21(24)26)23-18-11-6-7-12-19(18)29-17-9-3-1-4-10-17/h1,3-4,6-7,9-12H,2,5,8,13-16H2,(H,23,25). The number of para-hydroxylation sites is 3. The number of ether oxygens (including phenoxy) is 2. The van der Waals surface area contributed by atoms with Gasteiger partial charge in [-0.2, -0.15) is 0 Å². The molecule has 0 saturated carbocycles. The van der Waals surface area contributed by atoms with E-state index in [-0.39, 0.29) is 12.5 Å². The van der Waals surface area contributed by atoms with Gasteiger partial charge in [0, 0.05) is 13.0 Å². The van der Waals surface area contributed by atoms with Crippen molar-refractivity contribution in [1.82, 2.24) is 4.90 Å². The third-order valence-electron chi connectivity index (χ3n) is 4.49. The number of carbonyl (C=O) groups excluding carboxylic acids is 3. The Balaban J connectivity index is 1.50. The Morgan fingerprint density at radius 2 is 1.72 bits per heavy atom. The van der Waals surface area contributed by atoms with Crippen LogP contribution in [0.15, 0.2) is 54.6 Å². The first-order valence-electron chi connectivity index (χ1n) is 9.67. The number of hydrogen-bond donors (Lipinski definition) is 1. The summed E-state index contributed by atoms with van der Waals surface area (Å²) in [6, 6.07) is 16.2. The van der Waals surface area contributed by atoms with Gasteiger partial charge >= 0.3 is 5.97 Å². The molecule has 152 valence electrons. The molecule has 1 fully saturated rings. The van der Waals surface area contributed by atoms with Crippen molar-refractivity contribution in [3.8, 4) is 11.5 Å². The minimum Gasteiger partial charge on any atom is -0.455 e. The van der Waals surface area contributed by atoms with E-state index < -0.39 is 18.5 Å². The van der Waals surface area contributed by atoms with E-state index in [0.29, 0.717) is 30.2 Å². The number of nitrogens with zero attached hydrogens (tertiary/aromatic N) is 1. The molecule has 2 aromatic carbocycles. The molecule has 7 heteroatoms. The molecular formula is C22H24N2O5. The highest BCUT2D eigenvalue weighted by molar-refractivity contribution is 5.94. The van der Waals surface area contributed by atoms with E-state index in [1.54, 1.807) is 24.3 Å². The highest BCUT2D eigenvalue weighted by Gasteiger charge is 2.20. The van der Waals surface area contributed by atoms with Gasteiger partial charge in [-0.15, -0.1) is 0 Å². The monoisotopic (exact) mass is 396 g/mol. The zero-order chi connectivity index (χ0) is 20.5. The van der Waals surface area contributed by atoms with Crippen molar-refractivity contribution >= 4 is 23.5 Å². The van der Waals surface area contributed by atoms with E-state index in [2.05, 4.69) is 5.32 Å². The minimum atomic E-state index is -0.593. The van der Waals surface area contributed by atoms with Crippen molar-refractivity contribution in [2.24, 2.45) is 0 Å². The Bertz CT molecular complexity index is 853. The maximum Gasteiger partial charge on any atom is 0.326 e. The van der Waals surface area contributed by atoms with Gasteiger partial charge < -0.3 is 19.7 Å². The maximum absolute atomic E-state index is 12.2. The van der Waals surface area contributed by atoms with Crippen LogP contribution in [-0.2, 0) is 19.1 Å². The predicted molar refractivity (Wildman–Crippen MR) is 108 cm³/mol. The topological polar surface area (TPSA) is 84.9 Å². The summed E-state index contributed by atoms with van der Waals surface area (Å²) in [5, 5.41) is 2.69. The zero-order valence-electron chi connectivity index (χ0n) is 16.1. The van der Waals surface area contributed by atoms with Gasteiger partial charge in [-0.05, 0) is 37.1 Å². The van der Waals surface area contributed by atoms with Gasteiger partial charge in [0.05, 0.1) is 5.69 Å². The quantitative estimate of drug-likeness (QED) is 0.726. The highest BCUT2D eigenvalue weighted by atomic mass is 16.5. The highest BCUT2D eigenvalue weighted by Crippen LogP contribution is 2.29. The van der Waals surface area contributed by atoms with Crippen LogP contribution < -0.4 is 10.1 Å². The second kappa shape index (κ2) is 10.3. The number of likely N-dealkylation sites (tertiary alicyclic amines) is 1. The largest absolute Gasteiger partial charge is 0.455 e. The SMILES string of the molecule is O=C(COC(=O)CN1CCCCCC1=O)Nc1ccccc1Oc1ccccc1. The van der Waals surface area contributed by atoms with Gasteiger partial charge in [-0.3, -0.25) is 14.4 Å². The lowest BCUT2D eigenvalue weighted by atomic mass is 10.2. The fourth-order valence-corrected chi connectivity index (χ4v) is 3.01. The number of nitrogens with one attached hydrogen (secondary N) is 1. The summed E-state index contributed by atoms with van der Waals surface area (Å²) in [7, 11) is 0. The maximum atomic E-state index is 12.2. The first-order valence-corrected chi connectivity index (χ1v) is 9.67. The van der Waals surface area contributed by atoms with Crippen molar-refractivity contribution < 1.29 is 23.9 Å². The summed E-state index contributed by atoms with van der Waals surface area (Å²) in [5.74, 6) is 0.000971. The molecule has 0 bridgehead atoms. The second-order valence-corrected chi connectivity index (χ2v) is 6.75. The number of anilines is 1. The Morgan fingerprint density at radius 3 is 2.55 bits per heavy atom. The molecule has 0 aromatic heterocycles. The smallest absolute Gasteiger partial charge is 0.326 e. The van der Waals surface area contributed by atoms with Crippen molar-refractivity contribution in [2.45, 2.75) is 25.7 Å². The molecule has 0 radical (unpaired) electrons. The number of hydrogen-bond acceptors (Lipinski definition) is 5. The fraction of sp³-hybridized carbons (Fsp3) is 0.318. The van der Waals surface area contributed by atoms with Crippen LogP contribution in [0.3, 0.4) is 0 Å². The Labute approximate surface area is 169 Å². The van der Waals surface area contributed by atoms with Crippen molar-refractivity contribution in [3.05, 3.63) is 54.6 Å². The van der Waals surface area contributed by atoms with Crippen molar-refractivity contribution in [1.29, 1.82) is 0 Å². The molecule has 1 saturated heterocycles. The first kappa shape index (κ1) is 20.4. The third kappa shape index (κ3) is 6.34. The molecule has 1 N–H and O–H groups in total. The minimum absolute atomic E-state index is 0.0455. The summed E-state index contributed by atoms with van der Waals surface area (Å²) in [6.07, 6.45) is 3.14. The number of carbonyl (C=O) groups is 3. The number of amides is 2. The first-order chi connectivity index (χ1) is 14.1. The van der Waals surface area contributed by atoms with Crippen molar-refractivity contribution in [3.63, 3.8) is 0 Å². The van der Waals surface area contributed by atoms with Crippen LogP contribution >= 0.6 is 0 Å². The van der Waals surface area contributed by atoms with Crippen LogP contribution in [0.4, 0.5) is 5.69 Å². The van der Waals surface area contributed by atoms with E-state index in [4.69, 9.17) is 9.47 Å². The summed E-state index contributed by atoms with van der Waals surface area (Å²) in [6.45, 7) is -0.00924. The predicted octanol–water partition coefficient (Wildman–Crippen LogP) is 3.36. The fourth-order valence-electron chi connectivity index (χ4n) is 3.01. The molecule has 1 aliphatic rings. The lowest BCUT2D eigenvalue weighted by Crippen LogP contribution is -2.36. The van der Waals surface area contributed by atoms with Crippen LogP contribution in [0.25, 0.3) is 0 Å². The molecule has 3 rings (SSSR count). The number of benzene rings is 2. The molecule has 2 amide bonds. The third-order valence-corrected chi connectivity index (χ3v) is 4.49. The lowest BCUT2D eigenvalue weighted by Gasteiger charge is -2.19. The van der Waals surface area contributed by atoms with E-state index in [9.17, 15) is 14.4 Å². The van der Waals surface area contributed by atoms with Crippen LogP contribution in [-0.4, -0.2) is 42.4 Å². The van der Waals surface area contributed by atoms with Crippen LogP contribution in [0.2, 0.25) is 0 Å². The molecule has 1 aliphatic heterocycles. The summed E-state index contributed by atoms with van der Waals surface area (Å²) in [4.78, 5) is 37.7. The van der Waals surface area contributed by atoms with Crippen LogP contribution in [0.5, 0.6) is 11.5 Å². The number of rotatable bonds is 7. The van der Waals surface area contributed by atoms with E-state index in [1.165, 1.54) is 4.90 Å². The Morgan fingerprint density at radius 1 is 0.966 bits per heavy atom. The summed E-state index contributed by atoms with van der Waals surface area (Å²) >= 11 is 0. The molecule has 7 nitrogen and oxygen atoms in total. The van der Waals surface area contributed by atoms with Crippen LogP contribution in [0, 0.1) is 0 Å². The summed E-state index contributed by atoms with van der Waals surface area (Å²) in [5.41, 5.74) is 0.472. The van der Waals surface area contributed by atoms with Gasteiger partial charge in [0.25, 0.3) is 5.91 Å². The molecule has 0 unspecified atom stereocenters. The number of esters is 1. The molecule has 0 atom stereocenters. The molecule has 2 aromatic rings. The zero-order valence-corrected chi connectivity index (χ0v) is 16.1. The molecular weight excluding hydrogens is 372 g/mol. The van der Waals surface area contributed by atoms with E-state index >= 15 is 0 Å². The second-order valence-electron chi connectivity index (χ2n) is 6.75. The summed E-state index contributed by atoms with van der Waals surface area (Å²) < 4.78 is 10.8.